The van der Waals surface area contributed by atoms with Crippen LogP contribution in [0.5, 0.6) is 0 Å². The third-order valence-electron chi connectivity index (χ3n) is 5.75. The van der Waals surface area contributed by atoms with Gasteiger partial charge in [-0.05, 0) is 25.5 Å². The van der Waals surface area contributed by atoms with Crippen molar-refractivity contribution in [2.75, 3.05) is 12.0 Å². The third-order valence-corrected chi connectivity index (χ3v) is 6.72. The highest BCUT2D eigenvalue weighted by molar-refractivity contribution is 7.90. The molecule has 4 aromatic heterocycles. The summed E-state index contributed by atoms with van der Waals surface area (Å²) in [7, 11) is -3.35. The average Bonchev–Trinajstić information content (AvgIpc) is 3.62. The monoisotopic (exact) mass is 537 g/mol. The second kappa shape index (κ2) is 10.1. The molecule has 0 aliphatic rings. The number of furan rings is 2. The van der Waals surface area contributed by atoms with E-state index >= 15 is 0 Å². The number of aryl methyl sites for hydroxylation is 1. The summed E-state index contributed by atoms with van der Waals surface area (Å²) < 4.78 is 46.0. The molecular formula is C26H23N3O8S. The van der Waals surface area contributed by atoms with Gasteiger partial charge in [-0.2, -0.15) is 4.98 Å². The van der Waals surface area contributed by atoms with Crippen LogP contribution in [0.15, 0.2) is 77.4 Å². The second-order valence-corrected chi connectivity index (χ2v) is 11.1. The zero-order chi connectivity index (χ0) is 26.9. The smallest absolute Gasteiger partial charge is 0.249 e. The molecule has 0 saturated carbocycles. The molecule has 1 aromatic carbocycles. The van der Waals surface area contributed by atoms with Crippen LogP contribution in [-0.4, -0.2) is 36.5 Å². The molecule has 1 amide bonds. The molecular weight excluding hydrogens is 514 g/mol. The first kappa shape index (κ1) is 25.2. The van der Waals surface area contributed by atoms with E-state index in [-0.39, 0.29) is 46.9 Å². The Labute approximate surface area is 216 Å². The van der Waals surface area contributed by atoms with Crippen molar-refractivity contribution in [3.8, 4) is 22.9 Å². The van der Waals surface area contributed by atoms with Gasteiger partial charge in [0, 0.05) is 17.9 Å². The number of rotatable bonds is 9. The Morgan fingerprint density at radius 2 is 1.87 bits per heavy atom. The quantitative estimate of drug-likeness (QED) is 0.293. The summed E-state index contributed by atoms with van der Waals surface area (Å²) in [6.45, 7) is 1.63. The van der Waals surface area contributed by atoms with Crippen LogP contribution in [0.4, 0.5) is 0 Å². The fraction of sp³-hybridized carbons (Fsp3) is 0.231. The van der Waals surface area contributed by atoms with Crippen LogP contribution >= 0.6 is 0 Å². The van der Waals surface area contributed by atoms with Gasteiger partial charge >= 0.3 is 0 Å². The first-order valence-corrected chi connectivity index (χ1v) is 13.7. The Morgan fingerprint density at radius 3 is 2.58 bits per heavy atom. The molecule has 11 nitrogen and oxygen atoms in total. The van der Waals surface area contributed by atoms with Crippen molar-refractivity contribution < 1.29 is 31.0 Å². The van der Waals surface area contributed by atoms with E-state index in [1.165, 1.54) is 12.3 Å². The van der Waals surface area contributed by atoms with E-state index < -0.39 is 21.8 Å². The van der Waals surface area contributed by atoms with Crippen LogP contribution in [0.3, 0.4) is 0 Å². The zero-order valence-corrected chi connectivity index (χ0v) is 21.3. The fourth-order valence-corrected chi connectivity index (χ4v) is 4.69. The minimum absolute atomic E-state index is 0.00374. The van der Waals surface area contributed by atoms with Gasteiger partial charge in [0.15, 0.2) is 11.3 Å². The van der Waals surface area contributed by atoms with E-state index in [0.29, 0.717) is 28.4 Å². The topological polar surface area (TPSA) is 159 Å². The van der Waals surface area contributed by atoms with E-state index in [9.17, 15) is 18.0 Å². The summed E-state index contributed by atoms with van der Waals surface area (Å²) in [5.74, 6) is 0.513. The van der Waals surface area contributed by atoms with Crippen molar-refractivity contribution in [1.82, 2.24) is 15.5 Å². The van der Waals surface area contributed by atoms with Crippen LogP contribution in [0, 0.1) is 6.92 Å². The number of amides is 1. The molecule has 1 N–H and O–H groups in total. The maximum Gasteiger partial charge on any atom is 0.249 e. The summed E-state index contributed by atoms with van der Waals surface area (Å²) in [6, 6.07) is 12.7. The molecule has 12 heteroatoms. The Balaban J connectivity index is 1.48. The minimum Gasteiger partial charge on any atom is -0.461 e. The van der Waals surface area contributed by atoms with Crippen LogP contribution in [-0.2, 0) is 21.1 Å². The fourth-order valence-electron chi connectivity index (χ4n) is 4.02. The first-order valence-electron chi connectivity index (χ1n) is 11.6. The number of sulfone groups is 1. The number of nitrogens with zero attached hydrogens (tertiary/aromatic N) is 2. The molecule has 0 spiro atoms. The van der Waals surface area contributed by atoms with Gasteiger partial charge in [-0.1, -0.05) is 35.5 Å². The maximum absolute atomic E-state index is 13.3. The number of hydrogen-bond donors (Lipinski definition) is 1. The van der Waals surface area contributed by atoms with Crippen molar-refractivity contribution in [2.24, 2.45) is 0 Å². The number of nitrogens with one attached hydrogen (secondary N) is 1. The number of aromatic nitrogens is 2. The highest BCUT2D eigenvalue weighted by Crippen LogP contribution is 2.33. The van der Waals surface area contributed by atoms with Gasteiger partial charge in [-0.25, -0.2) is 8.42 Å². The van der Waals surface area contributed by atoms with Crippen LogP contribution in [0.1, 0.15) is 29.7 Å². The number of carbonyl (C=O) groups excluding carboxylic acids is 1. The van der Waals surface area contributed by atoms with Crippen molar-refractivity contribution in [3.63, 3.8) is 0 Å². The lowest BCUT2D eigenvalue weighted by atomic mass is 10.0. The van der Waals surface area contributed by atoms with Crippen LogP contribution in [0.2, 0.25) is 0 Å². The van der Waals surface area contributed by atoms with Gasteiger partial charge in [-0.3, -0.25) is 9.59 Å². The summed E-state index contributed by atoms with van der Waals surface area (Å²) in [5.41, 5.74) is 0.857. The van der Waals surface area contributed by atoms with Crippen LogP contribution in [0.25, 0.3) is 34.1 Å². The van der Waals surface area contributed by atoms with Crippen molar-refractivity contribution in [2.45, 2.75) is 25.8 Å². The van der Waals surface area contributed by atoms with Gasteiger partial charge in [0.25, 0.3) is 0 Å². The second-order valence-electron chi connectivity index (χ2n) is 8.80. The zero-order valence-electron chi connectivity index (χ0n) is 20.5. The van der Waals surface area contributed by atoms with E-state index in [2.05, 4.69) is 15.5 Å². The number of benzene rings is 1. The Bertz CT molecular complexity index is 1750. The SMILES string of the molecule is Cc1cc(=O)c2oc(-c3ccccc3)c(CC(=O)NC(CCS(C)(=O)=O)c3nc(-c4ccco4)no3)c2o1. The molecule has 1 atom stereocenters. The highest BCUT2D eigenvalue weighted by atomic mass is 32.2. The standard InChI is InChI=1S/C26H23N3O8S/c1-15-13-19(30)24-23(35-15)17(22(36-24)16-7-4-3-5-8-16)14-21(31)27-18(10-12-38(2,32)33)26-28-25(29-37-26)20-9-6-11-34-20/h3-9,11,13,18H,10,12,14H2,1-2H3,(H,27,31). The molecule has 0 saturated heterocycles. The van der Waals surface area contributed by atoms with E-state index in [1.807, 2.05) is 6.07 Å². The van der Waals surface area contributed by atoms with Crippen molar-refractivity contribution >= 4 is 26.9 Å². The Hall–Kier alpha value is -4.45. The molecule has 0 bridgehead atoms. The maximum atomic E-state index is 13.3. The Morgan fingerprint density at radius 1 is 1.08 bits per heavy atom. The predicted molar refractivity (Wildman–Crippen MR) is 136 cm³/mol. The molecule has 5 aromatic rings. The summed E-state index contributed by atoms with van der Waals surface area (Å²) in [6.07, 6.45) is 2.32. The predicted octanol–water partition coefficient (Wildman–Crippen LogP) is 3.84. The molecule has 0 aliphatic heterocycles. The Kier molecular flexibility index (Phi) is 6.72. The molecule has 38 heavy (non-hydrogen) atoms. The lowest BCUT2D eigenvalue weighted by Crippen LogP contribution is -2.31. The number of hydrogen-bond acceptors (Lipinski definition) is 10. The van der Waals surface area contributed by atoms with Gasteiger partial charge in [0.05, 0.1) is 24.0 Å². The summed E-state index contributed by atoms with van der Waals surface area (Å²) in [5, 5.41) is 6.66. The van der Waals surface area contributed by atoms with Gasteiger partial charge in [-0.15, -0.1) is 0 Å². The molecule has 5 rings (SSSR count). The molecule has 0 fully saturated rings. The van der Waals surface area contributed by atoms with Crippen molar-refractivity contribution in [1.29, 1.82) is 0 Å². The summed E-state index contributed by atoms with van der Waals surface area (Å²) >= 11 is 0. The normalized spacial score (nSPS) is 12.6. The van der Waals surface area contributed by atoms with Crippen LogP contribution < -0.4 is 10.7 Å². The minimum atomic E-state index is -3.35. The molecule has 0 radical (unpaired) electrons. The van der Waals surface area contributed by atoms with Gasteiger partial charge in [0.1, 0.15) is 27.4 Å². The van der Waals surface area contributed by atoms with E-state index in [1.54, 1.807) is 43.3 Å². The first-order chi connectivity index (χ1) is 18.2. The van der Waals surface area contributed by atoms with E-state index in [4.69, 9.17) is 17.8 Å². The summed E-state index contributed by atoms with van der Waals surface area (Å²) in [4.78, 5) is 30.2. The number of fused-ring (bicyclic) bond motifs is 1. The lowest BCUT2D eigenvalue weighted by molar-refractivity contribution is -0.121. The van der Waals surface area contributed by atoms with Gasteiger partial charge < -0.3 is 23.1 Å². The van der Waals surface area contributed by atoms with Gasteiger partial charge in [0.2, 0.25) is 28.6 Å². The third kappa shape index (κ3) is 5.44. The molecule has 196 valence electrons. The highest BCUT2D eigenvalue weighted by Gasteiger charge is 2.27. The molecule has 1 unspecified atom stereocenters. The average molecular weight is 538 g/mol. The molecule has 0 aliphatic carbocycles. The lowest BCUT2D eigenvalue weighted by Gasteiger charge is -2.14. The number of carbonyl (C=O) groups is 1. The largest absolute Gasteiger partial charge is 0.461 e. The van der Waals surface area contributed by atoms with E-state index in [0.717, 1.165) is 6.26 Å². The molecule has 4 heterocycles. The van der Waals surface area contributed by atoms with Crippen molar-refractivity contribution in [3.05, 3.63) is 82.2 Å².